The van der Waals surface area contributed by atoms with Crippen LogP contribution >= 0.6 is 0 Å². The summed E-state index contributed by atoms with van der Waals surface area (Å²) in [6.45, 7) is 1.72. The molecule has 1 N–H and O–H groups in total. The number of hydrogen-bond acceptors (Lipinski definition) is 6. The van der Waals surface area contributed by atoms with E-state index in [9.17, 15) is 22.4 Å². The van der Waals surface area contributed by atoms with Crippen molar-refractivity contribution in [2.45, 2.75) is 13.3 Å². The molecular formula is C26H22FNO6S. The van der Waals surface area contributed by atoms with Crippen molar-refractivity contribution in [3.63, 3.8) is 0 Å². The Bertz CT molecular complexity index is 1560. The molecule has 0 unspecified atom stereocenters. The molecule has 35 heavy (non-hydrogen) atoms. The average Bonchev–Trinajstić information content (AvgIpc) is 3.20. The third kappa shape index (κ3) is 4.95. The average molecular weight is 496 g/mol. The minimum Gasteiger partial charge on any atom is -0.465 e. The van der Waals surface area contributed by atoms with E-state index >= 15 is 0 Å². The lowest BCUT2D eigenvalue weighted by Gasteiger charge is -2.12. The molecular weight excluding hydrogens is 473 g/mol. The summed E-state index contributed by atoms with van der Waals surface area (Å²) in [6.07, 6.45) is 1.21. The Morgan fingerprint density at radius 3 is 2.37 bits per heavy atom. The number of ketones is 1. The van der Waals surface area contributed by atoms with Gasteiger partial charge in [-0.15, -0.1) is 0 Å². The first kappa shape index (κ1) is 24.2. The fraction of sp³-hybridized carbons (Fsp3) is 0.154. The van der Waals surface area contributed by atoms with Crippen LogP contribution < -0.4 is 4.72 Å². The van der Waals surface area contributed by atoms with Gasteiger partial charge in [0.05, 0.1) is 30.2 Å². The van der Waals surface area contributed by atoms with Gasteiger partial charge in [0.25, 0.3) is 0 Å². The Hall–Kier alpha value is -3.98. The van der Waals surface area contributed by atoms with Crippen molar-refractivity contribution in [2.75, 3.05) is 18.1 Å². The molecule has 4 aromatic rings. The van der Waals surface area contributed by atoms with E-state index in [1.165, 1.54) is 37.4 Å². The number of halogens is 1. The van der Waals surface area contributed by atoms with Gasteiger partial charge in [-0.2, -0.15) is 0 Å². The lowest BCUT2D eigenvalue weighted by atomic mass is 9.96. The monoisotopic (exact) mass is 495 g/mol. The maximum absolute atomic E-state index is 13.5. The number of fused-ring (bicyclic) bond motifs is 1. The van der Waals surface area contributed by atoms with Crippen LogP contribution in [0, 0.1) is 5.82 Å². The summed E-state index contributed by atoms with van der Waals surface area (Å²) < 4.78 is 51.0. The van der Waals surface area contributed by atoms with Crippen LogP contribution in [0.3, 0.4) is 0 Å². The van der Waals surface area contributed by atoms with E-state index in [-0.39, 0.29) is 34.8 Å². The van der Waals surface area contributed by atoms with Crippen LogP contribution in [0.25, 0.3) is 33.4 Å². The van der Waals surface area contributed by atoms with E-state index in [2.05, 4.69) is 4.72 Å². The Morgan fingerprint density at radius 2 is 1.74 bits per heavy atom. The number of Topliss-reactive ketones (excluding diaryl/α,β-unsaturated/α-hetero) is 1. The molecule has 0 aliphatic rings. The molecule has 0 saturated carbocycles. The fourth-order valence-electron chi connectivity index (χ4n) is 3.86. The van der Waals surface area contributed by atoms with Gasteiger partial charge in [0.2, 0.25) is 10.0 Å². The third-order valence-electron chi connectivity index (χ3n) is 5.42. The Kier molecular flexibility index (Phi) is 6.45. The summed E-state index contributed by atoms with van der Waals surface area (Å²) >= 11 is 0. The number of methoxy groups -OCH3 is 1. The lowest BCUT2D eigenvalue weighted by molar-refractivity contribution is 0.0600. The maximum Gasteiger partial charge on any atom is 0.337 e. The van der Waals surface area contributed by atoms with E-state index in [1.54, 1.807) is 37.3 Å². The van der Waals surface area contributed by atoms with Gasteiger partial charge in [0.15, 0.2) is 5.78 Å². The second-order valence-corrected chi connectivity index (χ2v) is 9.68. The molecule has 9 heteroatoms. The molecule has 0 bridgehead atoms. The highest BCUT2D eigenvalue weighted by atomic mass is 32.2. The highest BCUT2D eigenvalue weighted by Crippen LogP contribution is 2.40. The van der Waals surface area contributed by atoms with Crippen LogP contribution in [0.1, 0.15) is 34.1 Å². The molecule has 0 aliphatic carbocycles. The molecule has 0 aliphatic heterocycles. The molecule has 0 amide bonds. The summed E-state index contributed by atoms with van der Waals surface area (Å²) in [7, 11) is -2.41. The smallest absolute Gasteiger partial charge is 0.337 e. The molecule has 0 fully saturated rings. The first-order valence-electron chi connectivity index (χ1n) is 10.7. The summed E-state index contributed by atoms with van der Waals surface area (Å²) in [5.41, 5.74) is 2.54. The summed E-state index contributed by atoms with van der Waals surface area (Å²) in [5.74, 6) is -0.909. The van der Waals surface area contributed by atoms with Gasteiger partial charge >= 0.3 is 5.97 Å². The van der Waals surface area contributed by atoms with Crippen LogP contribution in [0.5, 0.6) is 0 Å². The van der Waals surface area contributed by atoms with Crippen molar-refractivity contribution in [1.82, 2.24) is 0 Å². The quantitative estimate of drug-likeness (QED) is 0.262. The number of furan rings is 1. The second-order valence-electron chi connectivity index (χ2n) is 7.93. The largest absolute Gasteiger partial charge is 0.465 e. The predicted molar refractivity (Wildman–Crippen MR) is 131 cm³/mol. The van der Waals surface area contributed by atoms with Crippen molar-refractivity contribution >= 4 is 38.4 Å². The van der Waals surface area contributed by atoms with Gasteiger partial charge in [-0.3, -0.25) is 9.52 Å². The number of nitrogens with one attached hydrogen (secondary N) is 1. The number of anilines is 1. The standard InChI is InChI=1S/C26H22FNO6S/c1-4-22(29)24-20-13-19(16-6-5-7-17(12-16)26(30)33-2)21(28-35(3,31)32)14-23(20)34-25(24)15-8-10-18(27)11-9-15/h5-14,28H,4H2,1-3H3. The maximum atomic E-state index is 13.5. The van der Waals surface area contributed by atoms with E-state index in [0.29, 0.717) is 27.6 Å². The van der Waals surface area contributed by atoms with Crippen molar-refractivity contribution in [1.29, 1.82) is 0 Å². The van der Waals surface area contributed by atoms with Crippen LogP contribution in [0.2, 0.25) is 0 Å². The molecule has 0 spiro atoms. The van der Waals surface area contributed by atoms with Crippen LogP contribution in [0.15, 0.2) is 65.1 Å². The number of hydrogen-bond donors (Lipinski definition) is 1. The van der Waals surface area contributed by atoms with Crippen LogP contribution in [-0.2, 0) is 14.8 Å². The third-order valence-corrected chi connectivity index (χ3v) is 6.02. The van der Waals surface area contributed by atoms with Crippen molar-refractivity contribution in [2.24, 2.45) is 0 Å². The summed E-state index contributed by atoms with van der Waals surface area (Å²) in [6, 6.07) is 15.2. The molecule has 0 atom stereocenters. The number of ether oxygens (including phenoxy) is 1. The lowest BCUT2D eigenvalue weighted by Crippen LogP contribution is -2.10. The van der Waals surface area contributed by atoms with E-state index in [0.717, 1.165) is 6.26 Å². The van der Waals surface area contributed by atoms with Gasteiger partial charge < -0.3 is 9.15 Å². The SMILES string of the molecule is CCC(=O)c1c(-c2ccc(F)cc2)oc2cc(NS(C)(=O)=O)c(-c3cccc(C(=O)OC)c3)cc12. The minimum absolute atomic E-state index is 0.193. The van der Waals surface area contributed by atoms with Gasteiger partial charge in [-0.1, -0.05) is 19.1 Å². The van der Waals surface area contributed by atoms with Gasteiger partial charge in [-0.05, 0) is 48.0 Å². The number of esters is 1. The molecule has 3 aromatic carbocycles. The number of benzene rings is 3. The van der Waals surface area contributed by atoms with Crippen LogP contribution in [-0.4, -0.2) is 33.5 Å². The van der Waals surface area contributed by atoms with E-state index in [1.807, 2.05) is 0 Å². The number of carbonyl (C=O) groups excluding carboxylic acids is 2. The van der Waals surface area contributed by atoms with Crippen LogP contribution in [0.4, 0.5) is 10.1 Å². The zero-order valence-corrected chi connectivity index (χ0v) is 20.0. The molecule has 4 rings (SSSR count). The number of carbonyl (C=O) groups is 2. The molecule has 0 radical (unpaired) electrons. The normalized spacial score (nSPS) is 11.4. The summed E-state index contributed by atoms with van der Waals surface area (Å²) in [5, 5.41) is 0.466. The van der Waals surface area contributed by atoms with Crippen molar-refractivity contribution < 1.29 is 31.6 Å². The van der Waals surface area contributed by atoms with Gasteiger partial charge in [0.1, 0.15) is 17.2 Å². The Morgan fingerprint density at radius 1 is 1.03 bits per heavy atom. The topological polar surface area (TPSA) is 103 Å². The van der Waals surface area contributed by atoms with Gasteiger partial charge in [0, 0.05) is 29.0 Å². The highest BCUT2D eigenvalue weighted by Gasteiger charge is 2.24. The van der Waals surface area contributed by atoms with Gasteiger partial charge in [-0.25, -0.2) is 17.6 Å². The number of sulfonamides is 1. The first-order valence-corrected chi connectivity index (χ1v) is 12.6. The van der Waals surface area contributed by atoms with Crippen molar-refractivity contribution in [3.8, 4) is 22.5 Å². The van der Waals surface area contributed by atoms with E-state index < -0.39 is 21.8 Å². The Balaban J connectivity index is 2.03. The molecule has 0 saturated heterocycles. The molecule has 1 heterocycles. The highest BCUT2D eigenvalue weighted by molar-refractivity contribution is 7.92. The Labute approximate surface area is 201 Å². The molecule has 7 nitrogen and oxygen atoms in total. The molecule has 1 aromatic heterocycles. The number of rotatable bonds is 7. The first-order chi connectivity index (χ1) is 16.6. The second kappa shape index (κ2) is 9.34. The minimum atomic E-state index is -3.68. The fourth-order valence-corrected chi connectivity index (χ4v) is 4.42. The molecule has 180 valence electrons. The zero-order valence-electron chi connectivity index (χ0n) is 19.2. The van der Waals surface area contributed by atoms with E-state index in [4.69, 9.17) is 9.15 Å². The van der Waals surface area contributed by atoms with Crippen molar-refractivity contribution in [3.05, 3.63) is 77.6 Å². The zero-order chi connectivity index (χ0) is 25.3. The summed E-state index contributed by atoms with van der Waals surface area (Å²) in [4.78, 5) is 25.1. The predicted octanol–water partition coefficient (Wildman–Crippen LogP) is 5.66.